The number of piperidine rings is 1. The van der Waals surface area contributed by atoms with Gasteiger partial charge in [0.15, 0.2) is 0 Å². The van der Waals surface area contributed by atoms with Gasteiger partial charge in [-0.25, -0.2) is 4.68 Å². The predicted molar refractivity (Wildman–Crippen MR) is 83.7 cm³/mol. The lowest BCUT2D eigenvalue weighted by Gasteiger charge is -2.41. The molecular weight excluding hydrogens is 333 g/mol. The first-order valence-corrected chi connectivity index (χ1v) is 8.31. The van der Waals surface area contributed by atoms with Crippen LogP contribution in [-0.2, 0) is 24.1 Å². The van der Waals surface area contributed by atoms with E-state index in [-0.39, 0.29) is 12.1 Å². The fourth-order valence-corrected chi connectivity index (χ4v) is 3.65. The first-order valence-electron chi connectivity index (χ1n) is 8.31. The number of benzene rings is 1. The van der Waals surface area contributed by atoms with Crippen molar-refractivity contribution in [2.45, 2.75) is 44.8 Å². The number of aryl methyl sites for hydroxylation is 1. The van der Waals surface area contributed by atoms with Gasteiger partial charge in [-0.05, 0) is 36.6 Å². The summed E-state index contributed by atoms with van der Waals surface area (Å²) in [5, 5.41) is 8.10. The Morgan fingerprint density at radius 2 is 2.16 bits per heavy atom. The summed E-state index contributed by atoms with van der Waals surface area (Å²) in [7, 11) is 0. The molecule has 1 aromatic carbocycles. The number of likely N-dealkylation sites (tertiary alicyclic amines) is 1. The van der Waals surface area contributed by atoms with Crippen LogP contribution in [0.5, 0.6) is 0 Å². The molecule has 0 spiro atoms. The van der Waals surface area contributed by atoms with Gasteiger partial charge in [0.25, 0.3) is 0 Å². The zero-order chi connectivity index (χ0) is 17.6. The Balaban J connectivity index is 1.53. The minimum absolute atomic E-state index is 0.0612. The van der Waals surface area contributed by atoms with Crippen molar-refractivity contribution in [3.8, 4) is 0 Å². The molecule has 4 rings (SSSR count). The molecule has 1 aromatic heterocycles. The summed E-state index contributed by atoms with van der Waals surface area (Å²) in [6, 6.07) is 4.01. The predicted octanol–water partition coefficient (Wildman–Crippen LogP) is 2.95. The second-order valence-electron chi connectivity index (χ2n) is 6.75. The highest BCUT2D eigenvalue weighted by Gasteiger charge is 2.36. The summed E-state index contributed by atoms with van der Waals surface area (Å²) >= 11 is 0. The van der Waals surface area contributed by atoms with E-state index in [9.17, 15) is 13.2 Å². The van der Waals surface area contributed by atoms with E-state index < -0.39 is 11.7 Å². The Hall–Kier alpha value is -1.93. The molecule has 0 radical (unpaired) electrons. The van der Waals surface area contributed by atoms with Gasteiger partial charge in [-0.2, -0.15) is 13.2 Å². The maximum atomic E-state index is 13.0. The molecule has 25 heavy (non-hydrogen) atoms. The Morgan fingerprint density at radius 3 is 2.96 bits per heavy atom. The molecule has 0 aliphatic carbocycles. The fraction of sp³-hybridized carbons (Fsp3) is 0.529. The molecule has 1 fully saturated rings. The highest BCUT2D eigenvalue weighted by atomic mass is 19.4. The Bertz CT molecular complexity index is 773. The summed E-state index contributed by atoms with van der Waals surface area (Å²) in [4.78, 5) is 2.17. The molecular formula is C17H19F3N4O. The molecule has 0 amide bonds. The standard InChI is InChI=1S/C17H19F3N4O/c1-11-2-3-13(17(18,19)20)6-12(11)8-23-5-4-16-15(9-23)24-14(10-25-16)7-21-22-24/h2-3,6-7,15-16H,4-5,8-10H2,1H3/t15-,16-/m0/s1. The fourth-order valence-electron chi connectivity index (χ4n) is 3.65. The number of halogens is 3. The molecule has 3 heterocycles. The maximum absolute atomic E-state index is 13.0. The van der Waals surface area contributed by atoms with Crippen molar-refractivity contribution < 1.29 is 17.9 Å². The molecule has 0 N–H and O–H groups in total. The molecule has 2 aliphatic rings. The van der Waals surface area contributed by atoms with Crippen molar-refractivity contribution in [1.29, 1.82) is 0 Å². The first-order chi connectivity index (χ1) is 11.9. The highest BCUT2D eigenvalue weighted by Crippen LogP contribution is 2.33. The normalized spacial score (nSPS) is 24.0. The van der Waals surface area contributed by atoms with Gasteiger partial charge in [-0.3, -0.25) is 4.90 Å². The average Bonchev–Trinajstić information content (AvgIpc) is 3.05. The second-order valence-corrected chi connectivity index (χ2v) is 6.75. The monoisotopic (exact) mass is 352 g/mol. The summed E-state index contributed by atoms with van der Waals surface area (Å²) < 4.78 is 46.7. The van der Waals surface area contributed by atoms with Gasteiger partial charge < -0.3 is 4.74 Å². The van der Waals surface area contributed by atoms with Crippen LogP contribution in [0.1, 0.15) is 34.8 Å². The van der Waals surface area contributed by atoms with Crippen LogP contribution in [0.15, 0.2) is 24.4 Å². The number of hydrogen-bond donors (Lipinski definition) is 0. The van der Waals surface area contributed by atoms with Crippen LogP contribution in [0.25, 0.3) is 0 Å². The number of fused-ring (bicyclic) bond motifs is 3. The number of rotatable bonds is 2. The molecule has 2 aliphatic heterocycles. The molecule has 0 bridgehead atoms. The molecule has 1 saturated heterocycles. The summed E-state index contributed by atoms with van der Waals surface area (Å²) in [6.07, 6.45) is -1.69. The topological polar surface area (TPSA) is 43.2 Å². The van der Waals surface area contributed by atoms with Crippen LogP contribution in [0, 0.1) is 6.92 Å². The number of alkyl halides is 3. The van der Waals surface area contributed by atoms with Gasteiger partial charge in [0.2, 0.25) is 0 Å². The van der Waals surface area contributed by atoms with Gasteiger partial charge in [0.1, 0.15) is 0 Å². The zero-order valence-electron chi connectivity index (χ0n) is 13.8. The Labute approximate surface area is 143 Å². The molecule has 2 atom stereocenters. The van der Waals surface area contributed by atoms with E-state index in [0.717, 1.165) is 30.3 Å². The molecule has 0 saturated carbocycles. The van der Waals surface area contributed by atoms with E-state index in [1.807, 2.05) is 11.6 Å². The highest BCUT2D eigenvalue weighted by molar-refractivity contribution is 5.32. The van der Waals surface area contributed by atoms with Gasteiger partial charge >= 0.3 is 6.18 Å². The smallest absolute Gasteiger partial charge is 0.370 e. The van der Waals surface area contributed by atoms with Crippen LogP contribution in [0.3, 0.4) is 0 Å². The van der Waals surface area contributed by atoms with Gasteiger partial charge in [0, 0.05) is 19.6 Å². The van der Waals surface area contributed by atoms with Crippen molar-refractivity contribution >= 4 is 0 Å². The van der Waals surface area contributed by atoms with Crippen LogP contribution in [0.2, 0.25) is 0 Å². The van der Waals surface area contributed by atoms with E-state index in [1.54, 1.807) is 12.3 Å². The molecule has 5 nitrogen and oxygen atoms in total. The van der Waals surface area contributed by atoms with Crippen LogP contribution in [-0.4, -0.2) is 39.1 Å². The average molecular weight is 352 g/mol. The summed E-state index contributed by atoms with van der Waals surface area (Å²) in [5.41, 5.74) is 1.93. The minimum atomic E-state index is -4.32. The third-order valence-corrected chi connectivity index (χ3v) is 5.08. The van der Waals surface area contributed by atoms with Crippen molar-refractivity contribution in [2.24, 2.45) is 0 Å². The third-order valence-electron chi connectivity index (χ3n) is 5.08. The second kappa shape index (κ2) is 6.10. The maximum Gasteiger partial charge on any atom is 0.416 e. The van der Waals surface area contributed by atoms with E-state index >= 15 is 0 Å². The quantitative estimate of drug-likeness (QED) is 0.834. The Morgan fingerprint density at radius 1 is 1.32 bits per heavy atom. The number of nitrogens with zero attached hydrogens (tertiary/aromatic N) is 4. The van der Waals surface area contributed by atoms with Gasteiger partial charge in [-0.1, -0.05) is 11.3 Å². The third kappa shape index (κ3) is 3.16. The largest absolute Gasteiger partial charge is 0.416 e. The van der Waals surface area contributed by atoms with Crippen LogP contribution >= 0.6 is 0 Å². The summed E-state index contributed by atoms with van der Waals surface area (Å²) in [6.45, 7) is 4.34. The van der Waals surface area contributed by atoms with Gasteiger partial charge in [-0.15, -0.1) is 5.10 Å². The van der Waals surface area contributed by atoms with Crippen molar-refractivity contribution in [3.05, 3.63) is 46.8 Å². The van der Waals surface area contributed by atoms with Gasteiger partial charge in [0.05, 0.1) is 36.2 Å². The van der Waals surface area contributed by atoms with Crippen molar-refractivity contribution in [2.75, 3.05) is 13.1 Å². The minimum Gasteiger partial charge on any atom is -0.370 e. The van der Waals surface area contributed by atoms with Crippen molar-refractivity contribution in [3.63, 3.8) is 0 Å². The van der Waals surface area contributed by atoms with Crippen LogP contribution < -0.4 is 0 Å². The molecule has 134 valence electrons. The first kappa shape index (κ1) is 16.5. The lowest BCUT2D eigenvalue weighted by Crippen LogP contribution is -2.47. The van der Waals surface area contributed by atoms with E-state index in [4.69, 9.17) is 4.74 Å². The zero-order valence-corrected chi connectivity index (χ0v) is 13.8. The Kier molecular flexibility index (Phi) is 4.04. The molecule has 0 unspecified atom stereocenters. The lowest BCUT2D eigenvalue weighted by atomic mass is 9.98. The summed E-state index contributed by atoms with van der Waals surface area (Å²) in [5.74, 6) is 0. The van der Waals surface area contributed by atoms with Crippen molar-refractivity contribution in [1.82, 2.24) is 19.9 Å². The molecule has 8 heteroatoms. The van der Waals surface area contributed by atoms with Crippen LogP contribution in [0.4, 0.5) is 13.2 Å². The number of ether oxygens (including phenoxy) is 1. The SMILES string of the molecule is Cc1ccc(C(F)(F)F)cc1CN1CC[C@@H]2OCc3cnnn3[C@H]2C1. The molecule has 2 aromatic rings. The van der Waals surface area contributed by atoms with E-state index in [2.05, 4.69) is 15.2 Å². The number of hydrogen-bond acceptors (Lipinski definition) is 4. The number of aromatic nitrogens is 3. The lowest BCUT2D eigenvalue weighted by molar-refractivity contribution is -0.137. The van der Waals surface area contributed by atoms with E-state index in [1.165, 1.54) is 6.07 Å². The van der Waals surface area contributed by atoms with E-state index in [0.29, 0.717) is 25.3 Å².